The average Bonchev–Trinajstić information content (AvgIpc) is 3.10. The second-order valence-electron chi connectivity index (χ2n) is 5.17. The SMILES string of the molecule is Cc1cccc(Cl)c1Nc1nc2ncn(C)c2n2cncc12. The summed E-state index contributed by atoms with van der Waals surface area (Å²) < 4.78 is 3.88. The van der Waals surface area contributed by atoms with Gasteiger partial charge in [-0.1, -0.05) is 23.7 Å². The van der Waals surface area contributed by atoms with E-state index in [1.807, 2.05) is 41.1 Å². The molecule has 0 radical (unpaired) electrons. The van der Waals surface area contributed by atoms with E-state index in [-0.39, 0.29) is 0 Å². The van der Waals surface area contributed by atoms with Gasteiger partial charge < -0.3 is 9.88 Å². The number of anilines is 2. The van der Waals surface area contributed by atoms with Crippen molar-refractivity contribution in [3.63, 3.8) is 0 Å². The lowest BCUT2D eigenvalue weighted by Gasteiger charge is -2.12. The quantitative estimate of drug-likeness (QED) is 0.617. The third-order valence-corrected chi connectivity index (χ3v) is 3.99. The summed E-state index contributed by atoms with van der Waals surface area (Å²) >= 11 is 6.29. The molecule has 4 rings (SSSR count). The van der Waals surface area contributed by atoms with Crippen LogP contribution in [0, 0.1) is 6.92 Å². The van der Waals surface area contributed by atoms with Gasteiger partial charge in [0, 0.05) is 7.05 Å². The van der Waals surface area contributed by atoms with E-state index in [2.05, 4.69) is 20.3 Å². The monoisotopic (exact) mass is 312 g/mol. The molecule has 0 saturated heterocycles. The van der Waals surface area contributed by atoms with Gasteiger partial charge in [-0.2, -0.15) is 0 Å². The standard InChI is InChI=1S/C15H13ClN6/c1-9-4-3-5-10(16)12(9)19-13-11-6-17-7-22(11)15-14(20-13)18-8-21(15)2/h3-8H,1-2H3,(H,19,20). The fraction of sp³-hybridized carbons (Fsp3) is 0.133. The highest BCUT2D eigenvalue weighted by molar-refractivity contribution is 6.33. The predicted octanol–water partition coefficient (Wildman–Crippen LogP) is 3.32. The summed E-state index contributed by atoms with van der Waals surface area (Å²) in [6.45, 7) is 2.00. The van der Waals surface area contributed by atoms with Crippen molar-refractivity contribution in [1.29, 1.82) is 0 Å². The highest BCUT2D eigenvalue weighted by Crippen LogP contribution is 2.30. The first-order chi connectivity index (χ1) is 10.6. The van der Waals surface area contributed by atoms with Gasteiger partial charge in [-0.15, -0.1) is 0 Å². The van der Waals surface area contributed by atoms with Crippen LogP contribution in [0.2, 0.25) is 5.02 Å². The second-order valence-corrected chi connectivity index (χ2v) is 5.58. The van der Waals surface area contributed by atoms with E-state index >= 15 is 0 Å². The molecule has 7 heteroatoms. The molecule has 0 saturated carbocycles. The van der Waals surface area contributed by atoms with Gasteiger partial charge in [0.05, 0.1) is 23.2 Å². The first-order valence-electron chi connectivity index (χ1n) is 6.80. The topological polar surface area (TPSA) is 60.0 Å². The number of para-hydroxylation sites is 1. The van der Waals surface area contributed by atoms with Crippen LogP contribution in [-0.2, 0) is 7.05 Å². The molecule has 0 spiro atoms. The molecular weight excluding hydrogens is 300 g/mol. The Labute approximate surface area is 131 Å². The van der Waals surface area contributed by atoms with Crippen molar-refractivity contribution in [2.75, 3.05) is 5.32 Å². The Balaban J connectivity index is 1.96. The maximum Gasteiger partial charge on any atom is 0.198 e. The summed E-state index contributed by atoms with van der Waals surface area (Å²) in [5, 5.41) is 3.97. The number of imidazole rings is 2. The summed E-state index contributed by atoms with van der Waals surface area (Å²) in [6, 6.07) is 5.78. The van der Waals surface area contributed by atoms with Crippen LogP contribution in [0.25, 0.3) is 16.8 Å². The molecule has 110 valence electrons. The molecule has 1 aromatic carbocycles. The minimum atomic E-state index is 0.653. The maximum absolute atomic E-state index is 6.29. The van der Waals surface area contributed by atoms with Crippen molar-refractivity contribution in [2.45, 2.75) is 6.92 Å². The molecule has 3 heterocycles. The van der Waals surface area contributed by atoms with E-state index in [9.17, 15) is 0 Å². The molecule has 0 fully saturated rings. The number of nitrogens with one attached hydrogen (secondary N) is 1. The minimum Gasteiger partial charge on any atom is -0.337 e. The summed E-state index contributed by atoms with van der Waals surface area (Å²) in [7, 11) is 1.93. The van der Waals surface area contributed by atoms with Crippen LogP contribution in [0.4, 0.5) is 11.5 Å². The summed E-state index contributed by atoms with van der Waals surface area (Å²) in [5.41, 5.74) is 4.31. The van der Waals surface area contributed by atoms with Crippen LogP contribution in [-0.4, -0.2) is 23.9 Å². The molecule has 22 heavy (non-hydrogen) atoms. The minimum absolute atomic E-state index is 0.653. The van der Waals surface area contributed by atoms with Crippen LogP contribution in [0.5, 0.6) is 0 Å². The zero-order valence-electron chi connectivity index (χ0n) is 12.1. The molecule has 6 nitrogen and oxygen atoms in total. The Hall–Kier alpha value is -2.60. The number of hydrogen-bond acceptors (Lipinski definition) is 4. The van der Waals surface area contributed by atoms with Crippen molar-refractivity contribution in [3.8, 4) is 0 Å². The molecular formula is C15H13ClN6. The average molecular weight is 313 g/mol. The fourth-order valence-corrected chi connectivity index (χ4v) is 2.84. The number of hydrogen-bond donors (Lipinski definition) is 1. The number of fused-ring (bicyclic) bond motifs is 3. The number of nitrogens with zero attached hydrogens (tertiary/aromatic N) is 5. The lowest BCUT2D eigenvalue weighted by molar-refractivity contribution is 0.917. The van der Waals surface area contributed by atoms with E-state index in [0.717, 1.165) is 22.4 Å². The van der Waals surface area contributed by atoms with Gasteiger partial charge in [-0.25, -0.2) is 15.0 Å². The highest BCUT2D eigenvalue weighted by atomic mass is 35.5. The van der Waals surface area contributed by atoms with Crippen molar-refractivity contribution in [2.24, 2.45) is 7.05 Å². The number of aryl methyl sites for hydroxylation is 2. The third-order valence-electron chi connectivity index (χ3n) is 3.68. The van der Waals surface area contributed by atoms with E-state index in [1.54, 1.807) is 18.9 Å². The van der Waals surface area contributed by atoms with Crippen LogP contribution in [0.3, 0.4) is 0 Å². The van der Waals surface area contributed by atoms with Crippen molar-refractivity contribution in [1.82, 2.24) is 23.9 Å². The molecule has 0 aliphatic rings. The normalized spacial score (nSPS) is 11.4. The largest absolute Gasteiger partial charge is 0.337 e. The Morgan fingerprint density at radius 1 is 1.23 bits per heavy atom. The number of benzene rings is 1. The Morgan fingerprint density at radius 3 is 2.91 bits per heavy atom. The van der Waals surface area contributed by atoms with E-state index in [0.29, 0.717) is 16.5 Å². The van der Waals surface area contributed by atoms with Crippen LogP contribution < -0.4 is 5.32 Å². The van der Waals surface area contributed by atoms with E-state index in [4.69, 9.17) is 11.6 Å². The lowest BCUT2D eigenvalue weighted by Crippen LogP contribution is -2.02. The number of rotatable bonds is 2. The summed E-state index contributed by atoms with van der Waals surface area (Å²) in [6.07, 6.45) is 5.27. The maximum atomic E-state index is 6.29. The molecule has 0 unspecified atom stereocenters. The molecule has 0 amide bonds. The van der Waals surface area contributed by atoms with Crippen molar-refractivity contribution >= 4 is 39.9 Å². The van der Waals surface area contributed by atoms with Gasteiger partial charge in [-0.3, -0.25) is 4.40 Å². The van der Waals surface area contributed by atoms with E-state index < -0.39 is 0 Å². The first-order valence-corrected chi connectivity index (χ1v) is 7.18. The zero-order valence-corrected chi connectivity index (χ0v) is 12.8. The van der Waals surface area contributed by atoms with E-state index in [1.165, 1.54) is 0 Å². The highest BCUT2D eigenvalue weighted by Gasteiger charge is 2.14. The Bertz CT molecular complexity index is 980. The molecule has 0 bridgehead atoms. The second kappa shape index (κ2) is 4.71. The molecule has 1 N–H and O–H groups in total. The molecule has 4 aromatic rings. The molecule has 0 aliphatic carbocycles. The van der Waals surface area contributed by atoms with Gasteiger partial charge in [0.25, 0.3) is 0 Å². The summed E-state index contributed by atoms with van der Waals surface area (Å²) in [5.74, 6) is 0.680. The smallest absolute Gasteiger partial charge is 0.198 e. The molecule has 0 aliphatic heterocycles. The number of aromatic nitrogens is 5. The predicted molar refractivity (Wildman–Crippen MR) is 86.7 cm³/mol. The Kier molecular flexibility index (Phi) is 2.80. The van der Waals surface area contributed by atoms with Gasteiger partial charge in [0.15, 0.2) is 17.1 Å². The van der Waals surface area contributed by atoms with Crippen molar-refractivity contribution in [3.05, 3.63) is 47.6 Å². The number of halogens is 1. The van der Waals surface area contributed by atoms with Crippen LogP contribution in [0.15, 0.2) is 37.1 Å². The first kappa shape index (κ1) is 13.1. The van der Waals surface area contributed by atoms with Crippen LogP contribution >= 0.6 is 11.6 Å². The Morgan fingerprint density at radius 2 is 2.09 bits per heavy atom. The molecule has 3 aromatic heterocycles. The van der Waals surface area contributed by atoms with Gasteiger partial charge >= 0.3 is 0 Å². The van der Waals surface area contributed by atoms with Gasteiger partial charge in [-0.05, 0) is 18.6 Å². The zero-order chi connectivity index (χ0) is 15.3. The summed E-state index contributed by atoms with van der Waals surface area (Å²) in [4.78, 5) is 13.2. The van der Waals surface area contributed by atoms with Gasteiger partial charge in [0.1, 0.15) is 11.8 Å². The molecule has 0 atom stereocenters. The lowest BCUT2D eigenvalue weighted by atomic mass is 10.2. The van der Waals surface area contributed by atoms with Crippen molar-refractivity contribution < 1.29 is 0 Å². The fourth-order valence-electron chi connectivity index (χ4n) is 2.57. The van der Waals surface area contributed by atoms with Crippen LogP contribution in [0.1, 0.15) is 5.56 Å². The third kappa shape index (κ3) is 1.84. The van der Waals surface area contributed by atoms with Gasteiger partial charge in [0.2, 0.25) is 0 Å².